The van der Waals surface area contributed by atoms with Crippen molar-refractivity contribution in [3.8, 4) is 0 Å². The summed E-state index contributed by atoms with van der Waals surface area (Å²) in [5, 5.41) is 8.57. The third-order valence-electron chi connectivity index (χ3n) is 2.87. The quantitative estimate of drug-likeness (QED) is 0.736. The lowest BCUT2D eigenvalue weighted by atomic mass is 9.95. The minimum Gasteiger partial charge on any atom is -0.481 e. The van der Waals surface area contributed by atoms with Gasteiger partial charge in [0.2, 0.25) is 0 Å². The van der Waals surface area contributed by atoms with Crippen LogP contribution in [0.4, 0.5) is 0 Å². The van der Waals surface area contributed by atoms with Gasteiger partial charge in [0, 0.05) is 20.2 Å². The molecule has 0 spiro atoms. The summed E-state index contributed by atoms with van der Waals surface area (Å²) >= 11 is 0. The van der Waals surface area contributed by atoms with E-state index in [1.165, 1.54) is 0 Å². The molecule has 1 atom stereocenters. The van der Waals surface area contributed by atoms with Gasteiger partial charge in [-0.3, -0.25) is 9.69 Å². The van der Waals surface area contributed by atoms with E-state index >= 15 is 0 Å². The van der Waals surface area contributed by atoms with Crippen molar-refractivity contribution in [1.29, 1.82) is 0 Å². The highest BCUT2D eigenvalue weighted by Crippen LogP contribution is 2.23. The van der Waals surface area contributed by atoms with Gasteiger partial charge in [-0.2, -0.15) is 0 Å². The first kappa shape index (κ1) is 11.5. The molecule has 0 radical (unpaired) electrons. The lowest BCUT2D eigenvalue weighted by Crippen LogP contribution is -2.47. The molecule has 0 aromatic heterocycles. The lowest BCUT2D eigenvalue weighted by molar-refractivity contribution is -0.137. The number of aliphatic carboxylic acids is 1. The van der Waals surface area contributed by atoms with Crippen molar-refractivity contribution in [3.63, 3.8) is 0 Å². The Balaban J connectivity index is 2.36. The van der Waals surface area contributed by atoms with Crippen LogP contribution in [0.25, 0.3) is 0 Å². The fourth-order valence-corrected chi connectivity index (χ4v) is 1.92. The second-order valence-electron chi connectivity index (χ2n) is 4.18. The van der Waals surface area contributed by atoms with Gasteiger partial charge < -0.3 is 9.84 Å². The maximum Gasteiger partial charge on any atom is 0.304 e. The normalized spacial score (nSPS) is 29.0. The van der Waals surface area contributed by atoms with Crippen molar-refractivity contribution in [3.05, 3.63) is 0 Å². The summed E-state index contributed by atoms with van der Waals surface area (Å²) in [6.07, 6.45) is 2.37. The van der Waals surface area contributed by atoms with E-state index in [0.717, 1.165) is 25.9 Å². The SMILES string of the molecule is COC1(C)CCCN(CCC(=O)O)C1. The Hall–Kier alpha value is -0.610. The van der Waals surface area contributed by atoms with Crippen LogP contribution in [-0.4, -0.2) is 48.3 Å². The molecule has 1 N–H and O–H groups in total. The number of hydrogen-bond acceptors (Lipinski definition) is 3. The second-order valence-corrected chi connectivity index (χ2v) is 4.18. The van der Waals surface area contributed by atoms with Gasteiger partial charge in [-0.25, -0.2) is 0 Å². The molecule has 0 bridgehead atoms. The van der Waals surface area contributed by atoms with E-state index in [-0.39, 0.29) is 12.0 Å². The highest BCUT2D eigenvalue weighted by Gasteiger charge is 2.30. The number of carboxylic acid groups (broad SMARTS) is 1. The topological polar surface area (TPSA) is 49.8 Å². The lowest BCUT2D eigenvalue weighted by Gasteiger charge is -2.39. The smallest absolute Gasteiger partial charge is 0.304 e. The number of likely N-dealkylation sites (tertiary alicyclic amines) is 1. The van der Waals surface area contributed by atoms with Crippen LogP contribution in [-0.2, 0) is 9.53 Å². The molecule has 1 unspecified atom stereocenters. The number of carbonyl (C=O) groups is 1. The van der Waals surface area contributed by atoms with Crippen LogP contribution in [0.1, 0.15) is 26.2 Å². The maximum atomic E-state index is 10.4. The molecule has 0 aliphatic carbocycles. The monoisotopic (exact) mass is 201 g/mol. The number of hydrogen-bond donors (Lipinski definition) is 1. The number of methoxy groups -OCH3 is 1. The molecule has 0 aromatic rings. The molecule has 4 nitrogen and oxygen atoms in total. The third-order valence-corrected chi connectivity index (χ3v) is 2.87. The van der Waals surface area contributed by atoms with Gasteiger partial charge in [-0.05, 0) is 26.3 Å². The van der Waals surface area contributed by atoms with E-state index in [1.807, 2.05) is 0 Å². The van der Waals surface area contributed by atoms with Crippen molar-refractivity contribution in [2.75, 3.05) is 26.7 Å². The number of nitrogens with zero attached hydrogens (tertiary/aromatic N) is 1. The number of carboxylic acids is 1. The zero-order chi connectivity index (χ0) is 10.6. The summed E-state index contributed by atoms with van der Waals surface area (Å²) in [6, 6.07) is 0. The minimum atomic E-state index is -0.727. The fourth-order valence-electron chi connectivity index (χ4n) is 1.92. The molecule has 1 heterocycles. The molecule has 82 valence electrons. The molecule has 1 saturated heterocycles. The Bertz CT molecular complexity index is 208. The first-order chi connectivity index (χ1) is 6.56. The van der Waals surface area contributed by atoms with Crippen molar-refractivity contribution in [2.24, 2.45) is 0 Å². The van der Waals surface area contributed by atoms with Crippen molar-refractivity contribution >= 4 is 5.97 Å². The van der Waals surface area contributed by atoms with Gasteiger partial charge >= 0.3 is 5.97 Å². The van der Waals surface area contributed by atoms with Crippen LogP contribution in [0.15, 0.2) is 0 Å². The van der Waals surface area contributed by atoms with Crippen LogP contribution in [0, 0.1) is 0 Å². The second kappa shape index (κ2) is 4.75. The van der Waals surface area contributed by atoms with Gasteiger partial charge in [0.15, 0.2) is 0 Å². The zero-order valence-electron chi connectivity index (χ0n) is 8.95. The van der Waals surface area contributed by atoms with E-state index in [1.54, 1.807) is 7.11 Å². The molecular weight excluding hydrogens is 182 g/mol. The van der Waals surface area contributed by atoms with Crippen molar-refractivity contribution in [2.45, 2.75) is 31.8 Å². The zero-order valence-corrected chi connectivity index (χ0v) is 8.95. The molecule has 0 saturated carbocycles. The van der Waals surface area contributed by atoms with Crippen molar-refractivity contribution < 1.29 is 14.6 Å². The van der Waals surface area contributed by atoms with Gasteiger partial charge in [0.1, 0.15) is 0 Å². The summed E-state index contributed by atoms with van der Waals surface area (Å²) in [7, 11) is 1.72. The summed E-state index contributed by atoms with van der Waals surface area (Å²) in [5.74, 6) is -0.727. The van der Waals surface area contributed by atoms with Crippen LogP contribution in [0.2, 0.25) is 0 Å². The van der Waals surface area contributed by atoms with Crippen LogP contribution in [0.3, 0.4) is 0 Å². The largest absolute Gasteiger partial charge is 0.481 e. The fraction of sp³-hybridized carbons (Fsp3) is 0.900. The van der Waals surface area contributed by atoms with Crippen LogP contribution >= 0.6 is 0 Å². The van der Waals surface area contributed by atoms with Gasteiger partial charge in [-0.15, -0.1) is 0 Å². The third kappa shape index (κ3) is 3.27. The molecule has 1 fully saturated rings. The van der Waals surface area contributed by atoms with Gasteiger partial charge in [-0.1, -0.05) is 0 Å². The molecule has 1 rings (SSSR count). The summed E-state index contributed by atoms with van der Waals surface area (Å²) in [6.45, 7) is 4.55. The highest BCUT2D eigenvalue weighted by molar-refractivity contribution is 5.66. The first-order valence-electron chi connectivity index (χ1n) is 5.05. The van der Waals surface area contributed by atoms with E-state index < -0.39 is 5.97 Å². The van der Waals surface area contributed by atoms with E-state index in [4.69, 9.17) is 9.84 Å². The Morgan fingerprint density at radius 1 is 1.64 bits per heavy atom. The number of ether oxygens (including phenoxy) is 1. The average molecular weight is 201 g/mol. The molecule has 1 aliphatic rings. The first-order valence-corrected chi connectivity index (χ1v) is 5.05. The Morgan fingerprint density at radius 3 is 2.93 bits per heavy atom. The van der Waals surface area contributed by atoms with Gasteiger partial charge in [0.25, 0.3) is 0 Å². The Labute approximate surface area is 84.8 Å². The summed E-state index contributed by atoms with van der Waals surface area (Å²) in [5.41, 5.74) is -0.0866. The molecule has 1 aliphatic heterocycles. The van der Waals surface area contributed by atoms with Gasteiger partial charge in [0.05, 0.1) is 12.0 Å². The standard InChI is InChI=1S/C10H19NO3/c1-10(14-2)5-3-6-11(8-10)7-4-9(12)13/h3-8H2,1-2H3,(H,12,13). The molecule has 4 heteroatoms. The average Bonchev–Trinajstić information content (AvgIpc) is 2.15. The predicted molar refractivity (Wildman–Crippen MR) is 53.3 cm³/mol. The van der Waals surface area contributed by atoms with E-state index in [0.29, 0.717) is 6.54 Å². The van der Waals surface area contributed by atoms with E-state index in [2.05, 4.69) is 11.8 Å². The minimum absolute atomic E-state index is 0.0866. The Morgan fingerprint density at radius 2 is 2.36 bits per heavy atom. The molecule has 14 heavy (non-hydrogen) atoms. The highest BCUT2D eigenvalue weighted by atomic mass is 16.5. The number of rotatable bonds is 4. The maximum absolute atomic E-state index is 10.4. The molecule has 0 amide bonds. The van der Waals surface area contributed by atoms with Crippen LogP contribution < -0.4 is 0 Å². The molecular formula is C10H19NO3. The molecule has 0 aromatic carbocycles. The number of piperidine rings is 1. The van der Waals surface area contributed by atoms with E-state index in [9.17, 15) is 4.79 Å². The van der Waals surface area contributed by atoms with Crippen molar-refractivity contribution in [1.82, 2.24) is 4.90 Å². The van der Waals surface area contributed by atoms with Crippen LogP contribution in [0.5, 0.6) is 0 Å². The predicted octanol–water partition coefficient (Wildman–Crippen LogP) is 0.962. The summed E-state index contributed by atoms with van der Waals surface area (Å²) < 4.78 is 5.43. The Kier molecular flexibility index (Phi) is 3.89. The summed E-state index contributed by atoms with van der Waals surface area (Å²) in [4.78, 5) is 12.6.